The monoisotopic (exact) mass is 455 g/mol. The van der Waals surface area contributed by atoms with E-state index in [1.165, 1.54) is 60.5 Å². The average Bonchev–Trinajstić information content (AvgIpc) is 3.16. The van der Waals surface area contributed by atoms with Gasteiger partial charge in [-0.3, -0.25) is 0 Å². The van der Waals surface area contributed by atoms with Gasteiger partial charge in [0.25, 0.3) is 0 Å². The van der Waals surface area contributed by atoms with Gasteiger partial charge in [-0.1, -0.05) is 80.3 Å². The Hall–Kier alpha value is -3.84. The summed E-state index contributed by atoms with van der Waals surface area (Å²) in [7, 11) is 0. The van der Waals surface area contributed by atoms with Crippen LogP contribution in [0.5, 0.6) is 0 Å². The van der Waals surface area contributed by atoms with Crippen molar-refractivity contribution in [3.05, 3.63) is 119 Å². The zero-order valence-corrected chi connectivity index (χ0v) is 21.2. The van der Waals surface area contributed by atoms with E-state index in [0.29, 0.717) is 5.92 Å². The molecule has 0 saturated heterocycles. The molecule has 1 aromatic heterocycles. The summed E-state index contributed by atoms with van der Waals surface area (Å²) in [6.07, 6.45) is 14.3. The van der Waals surface area contributed by atoms with Crippen LogP contribution in [-0.4, -0.2) is 4.57 Å². The van der Waals surface area contributed by atoms with Crippen molar-refractivity contribution in [2.24, 2.45) is 5.92 Å². The van der Waals surface area contributed by atoms with Crippen LogP contribution in [-0.2, 0) is 0 Å². The second kappa shape index (κ2) is 9.43. The van der Waals surface area contributed by atoms with Crippen molar-refractivity contribution in [3.8, 4) is 16.8 Å². The molecule has 1 aliphatic rings. The van der Waals surface area contributed by atoms with Gasteiger partial charge in [-0.15, -0.1) is 0 Å². The zero-order valence-electron chi connectivity index (χ0n) is 21.2. The molecule has 0 radical (unpaired) electrons. The maximum absolute atomic E-state index is 4.01. The van der Waals surface area contributed by atoms with Gasteiger partial charge in [0.15, 0.2) is 0 Å². The predicted molar refractivity (Wildman–Crippen MR) is 153 cm³/mol. The molecule has 1 heterocycles. The van der Waals surface area contributed by atoms with Gasteiger partial charge in [-0.2, -0.15) is 0 Å². The first-order chi connectivity index (χ1) is 17.0. The normalized spacial score (nSPS) is 16.7. The van der Waals surface area contributed by atoms with Crippen LogP contribution in [0, 0.1) is 19.8 Å². The van der Waals surface area contributed by atoms with Gasteiger partial charge in [0.2, 0.25) is 0 Å². The Balaban J connectivity index is 1.73. The third kappa shape index (κ3) is 4.35. The Morgan fingerprint density at radius 2 is 1.66 bits per heavy atom. The van der Waals surface area contributed by atoms with Crippen LogP contribution in [0.15, 0.2) is 91.5 Å². The van der Waals surface area contributed by atoms with Gasteiger partial charge in [0.1, 0.15) is 0 Å². The molecule has 0 fully saturated rings. The zero-order chi connectivity index (χ0) is 24.5. The number of hydrogen-bond donors (Lipinski definition) is 0. The number of nitrogens with zero attached hydrogens (tertiary/aromatic N) is 1. The van der Waals surface area contributed by atoms with E-state index in [2.05, 4.69) is 130 Å². The first-order valence-electron chi connectivity index (χ1n) is 12.5. The summed E-state index contributed by atoms with van der Waals surface area (Å²) in [4.78, 5) is 0. The Labute approximate surface area is 208 Å². The molecule has 0 spiro atoms. The van der Waals surface area contributed by atoms with Crippen molar-refractivity contribution < 1.29 is 0 Å². The molecule has 3 aromatic carbocycles. The first kappa shape index (κ1) is 22.9. The van der Waals surface area contributed by atoms with Crippen molar-refractivity contribution in [2.45, 2.75) is 34.1 Å². The Morgan fingerprint density at radius 3 is 2.37 bits per heavy atom. The van der Waals surface area contributed by atoms with Crippen LogP contribution in [0.4, 0.5) is 0 Å². The minimum Gasteiger partial charge on any atom is -0.310 e. The molecule has 1 atom stereocenters. The van der Waals surface area contributed by atoms with Crippen molar-refractivity contribution >= 4 is 28.6 Å². The summed E-state index contributed by atoms with van der Waals surface area (Å²) in [5, 5.41) is 3.65. The number of rotatable bonds is 4. The largest absolute Gasteiger partial charge is 0.310 e. The minimum absolute atomic E-state index is 0.584. The lowest BCUT2D eigenvalue weighted by Gasteiger charge is -2.14. The van der Waals surface area contributed by atoms with E-state index < -0.39 is 0 Å². The van der Waals surface area contributed by atoms with Gasteiger partial charge in [-0.05, 0) is 96.8 Å². The van der Waals surface area contributed by atoms with Crippen molar-refractivity contribution in [3.63, 3.8) is 0 Å². The second-order valence-corrected chi connectivity index (χ2v) is 9.72. The fourth-order valence-electron chi connectivity index (χ4n) is 5.36. The number of aromatic nitrogens is 1. The third-order valence-corrected chi connectivity index (χ3v) is 6.87. The van der Waals surface area contributed by atoms with Gasteiger partial charge < -0.3 is 4.57 Å². The van der Waals surface area contributed by atoms with E-state index in [1.807, 2.05) is 6.08 Å². The highest BCUT2D eigenvalue weighted by molar-refractivity contribution is 5.89. The van der Waals surface area contributed by atoms with E-state index in [0.717, 1.165) is 6.42 Å². The molecule has 0 aliphatic heterocycles. The molecule has 1 nitrogen and oxygen atoms in total. The van der Waals surface area contributed by atoms with Gasteiger partial charge in [0, 0.05) is 21.6 Å². The summed E-state index contributed by atoms with van der Waals surface area (Å²) in [5.74, 6) is 0.584. The maximum Gasteiger partial charge on any atom is 0.0541 e. The van der Waals surface area contributed by atoms with Crippen LogP contribution in [0.3, 0.4) is 0 Å². The molecular weight excluding hydrogens is 422 g/mol. The van der Waals surface area contributed by atoms with E-state index in [9.17, 15) is 0 Å². The number of fused-ring (bicyclic) bond motifs is 1. The highest BCUT2D eigenvalue weighted by atomic mass is 15.0. The highest BCUT2D eigenvalue weighted by Gasteiger charge is 2.12. The fraction of sp³-hybridized carbons (Fsp3) is 0.176. The fourth-order valence-corrected chi connectivity index (χ4v) is 5.36. The topological polar surface area (TPSA) is 4.93 Å². The average molecular weight is 456 g/mol. The lowest BCUT2D eigenvalue weighted by molar-refractivity contribution is 0.740. The standard InChI is InChI=1S/C34H33N/c1-6-10-31-32-22-29(28-14-9-13-27(21-28)26-12-8-11-23(3)18-26)15-16-34(32)35(33(31)7-2)30-19-24(4)17-25(5)20-30/h6-10,12-23H,1,11H2,2-5H3/b31-10-,33-7+. The Kier molecular flexibility index (Phi) is 6.17. The van der Waals surface area contributed by atoms with Gasteiger partial charge in [0.05, 0.1) is 5.52 Å². The molecule has 1 heteroatoms. The molecule has 0 amide bonds. The van der Waals surface area contributed by atoms with E-state index >= 15 is 0 Å². The smallest absolute Gasteiger partial charge is 0.0541 e. The van der Waals surface area contributed by atoms with Crippen LogP contribution >= 0.6 is 0 Å². The van der Waals surface area contributed by atoms with E-state index in [4.69, 9.17) is 0 Å². The van der Waals surface area contributed by atoms with E-state index in [1.54, 1.807) is 0 Å². The number of hydrogen-bond acceptors (Lipinski definition) is 0. The summed E-state index contributed by atoms with van der Waals surface area (Å²) < 4.78 is 2.38. The van der Waals surface area contributed by atoms with Crippen LogP contribution < -0.4 is 10.6 Å². The number of benzene rings is 3. The maximum atomic E-state index is 4.01. The molecule has 174 valence electrons. The van der Waals surface area contributed by atoms with E-state index in [-0.39, 0.29) is 0 Å². The molecule has 5 rings (SSSR count). The van der Waals surface area contributed by atoms with Crippen LogP contribution in [0.25, 0.3) is 45.4 Å². The second-order valence-electron chi connectivity index (χ2n) is 9.72. The highest BCUT2D eigenvalue weighted by Crippen LogP contribution is 2.30. The summed E-state index contributed by atoms with van der Waals surface area (Å²) in [6, 6.07) is 22.5. The summed E-state index contributed by atoms with van der Waals surface area (Å²) in [5.41, 5.74) is 10.0. The lowest BCUT2D eigenvalue weighted by atomic mass is 9.92. The van der Waals surface area contributed by atoms with Crippen LogP contribution in [0.1, 0.15) is 37.0 Å². The summed E-state index contributed by atoms with van der Waals surface area (Å²) in [6.45, 7) is 12.7. The molecular formula is C34H33N. The van der Waals surface area contributed by atoms with Gasteiger partial charge in [-0.25, -0.2) is 0 Å². The molecule has 4 aromatic rings. The van der Waals surface area contributed by atoms with Crippen molar-refractivity contribution in [1.82, 2.24) is 4.57 Å². The number of allylic oxidation sites excluding steroid dienone is 5. The predicted octanol–water partition coefficient (Wildman–Crippen LogP) is 7.66. The SMILES string of the molecule is C=C/C=c1\c(=C/C)n(-c2cc(C)cc(C)c2)c2ccc(-c3cccc(C4=CC(C)CC=C4)c3)cc12. The quantitative estimate of drug-likeness (QED) is 0.298. The van der Waals surface area contributed by atoms with Crippen molar-refractivity contribution in [2.75, 3.05) is 0 Å². The lowest BCUT2D eigenvalue weighted by Crippen LogP contribution is -2.28. The third-order valence-electron chi connectivity index (χ3n) is 6.87. The number of aryl methyl sites for hydroxylation is 2. The first-order valence-corrected chi connectivity index (χ1v) is 12.5. The van der Waals surface area contributed by atoms with Crippen LogP contribution in [0.2, 0.25) is 0 Å². The van der Waals surface area contributed by atoms with Crippen molar-refractivity contribution in [1.29, 1.82) is 0 Å². The molecule has 35 heavy (non-hydrogen) atoms. The molecule has 0 bridgehead atoms. The Bertz CT molecular complexity index is 1600. The minimum atomic E-state index is 0.584. The molecule has 0 saturated carbocycles. The molecule has 1 unspecified atom stereocenters. The summed E-state index contributed by atoms with van der Waals surface area (Å²) >= 11 is 0. The van der Waals surface area contributed by atoms with Gasteiger partial charge >= 0.3 is 0 Å². The Morgan fingerprint density at radius 1 is 0.914 bits per heavy atom. The molecule has 0 N–H and O–H groups in total. The molecule has 1 aliphatic carbocycles.